The minimum absolute atomic E-state index is 0.0571. The van der Waals surface area contributed by atoms with Crippen molar-refractivity contribution in [3.8, 4) is 0 Å². The van der Waals surface area contributed by atoms with Gasteiger partial charge in [0.1, 0.15) is 4.88 Å². The maximum absolute atomic E-state index is 11.5. The lowest BCUT2D eigenvalue weighted by Gasteiger charge is -2.35. The number of morpholine rings is 1. The van der Waals surface area contributed by atoms with E-state index >= 15 is 0 Å². The lowest BCUT2D eigenvalue weighted by molar-refractivity contribution is -0.00523. The Kier molecular flexibility index (Phi) is 3.86. The number of rotatable bonds is 3. The largest absolute Gasteiger partial charge is 0.476 e. The summed E-state index contributed by atoms with van der Waals surface area (Å²) in [5.41, 5.74) is -0.153. The lowest BCUT2D eigenvalue weighted by Crippen LogP contribution is -2.45. The third-order valence-corrected chi connectivity index (χ3v) is 4.05. The molecular weight excluding hydrogens is 268 g/mol. The zero-order valence-electron chi connectivity index (χ0n) is 11.0. The van der Waals surface area contributed by atoms with E-state index in [0.29, 0.717) is 18.2 Å². The smallest absolute Gasteiger partial charge is 0.356 e. The fourth-order valence-corrected chi connectivity index (χ4v) is 3.13. The molecule has 0 saturated carbocycles. The van der Waals surface area contributed by atoms with Crippen molar-refractivity contribution in [3.05, 3.63) is 10.6 Å². The van der Waals surface area contributed by atoms with Crippen LogP contribution < -0.4 is 4.90 Å². The van der Waals surface area contributed by atoms with Crippen LogP contribution in [-0.2, 0) is 4.74 Å². The zero-order valence-corrected chi connectivity index (χ0v) is 11.9. The van der Waals surface area contributed by atoms with Crippen molar-refractivity contribution in [1.29, 1.82) is 0 Å². The summed E-state index contributed by atoms with van der Waals surface area (Å²) in [5.74, 6) is -1.43. The van der Waals surface area contributed by atoms with Crippen molar-refractivity contribution in [2.75, 3.05) is 18.0 Å². The van der Waals surface area contributed by atoms with Gasteiger partial charge in [0.25, 0.3) is 0 Å². The highest BCUT2D eigenvalue weighted by Gasteiger charge is 2.28. The molecule has 2 heterocycles. The van der Waals surface area contributed by atoms with Gasteiger partial charge in [-0.15, -0.1) is 0 Å². The number of aromatic carboxylic acids is 1. The molecule has 1 aliphatic rings. The summed E-state index contributed by atoms with van der Waals surface area (Å²) in [4.78, 5) is 28.8. The van der Waals surface area contributed by atoms with Gasteiger partial charge in [-0.3, -0.25) is 4.79 Å². The standard InChI is InChI=1S/C12H16N2O4S/c1-6-4-14(5-7(2)18-6)12-13-9(11(16)17)10(19-12)8(3)15/h6-7H,4-5H2,1-3H3,(H,16,17). The van der Waals surface area contributed by atoms with Gasteiger partial charge in [0.2, 0.25) is 0 Å². The van der Waals surface area contributed by atoms with E-state index in [4.69, 9.17) is 9.84 Å². The van der Waals surface area contributed by atoms with Crippen LogP contribution in [0.1, 0.15) is 40.9 Å². The van der Waals surface area contributed by atoms with Crippen LogP contribution >= 0.6 is 11.3 Å². The summed E-state index contributed by atoms with van der Waals surface area (Å²) < 4.78 is 5.62. The molecule has 0 aliphatic carbocycles. The molecule has 2 atom stereocenters. The van der Waals surface area contributed by atoms with Crippen molar-refractivity contribution >= 4 is 28.2 Å². The highest BCUT2D eigenvalue weighted by atomic mass is 32.1. The van der Waals surface area contributed by atoms with Crippen LogP contribution in [0, 0.1) is 0 Å². The maximum atomic E-state index is 11.5. The number of Topliss-reactive ketones (excluding diaryl/α,β-unsaturated/α-hetero) is 1. The van der Waals surface area contributed by atoms with Crippen LogP contribution in [0.5, 0.6) is 0 Å². The Morgan fingerprint density at radius 3 is 2.37 bits per heavy atom. The second-order valence-electron chi connectivity index (χ2n) is 4.70. The SMILES string of the molecule is CC(=O)c1sc(N2CC(C)OC(C)C2)nc1C(=O)O. The molecule has 0 aromatic carbocycles. The van der Waals surface area contributed by atoms with Crippen LogP contribution in [-0.4, -0.2) is 47.1 Å². The van der Waals surface area contributed by atoms with E-state index in [2.05, 4.69) is 4.98 Å². The van der Waals surface area contributed by atoms with Crippen LogP contribution in [0.4, 0.5) is 5.13 Å². The number of carboxylic acids is 1. The average Bonchev–Trinajstić information content (AvgIpc) is 2.72. The summed E-state index contributed by atoms with van der Waals surface area (Å²) in [6.07, 6.45) is 0.114. The summed E-state index contributed by atoms with van der Waals surface area (Å²) in [7, 11) is 0. The number of carbonyl (C=O) groups excluding carboxylic acids is 1. The van der Waals surface area contributed by atoms with Crippen molar-refractivity contribution in [1.82, 2.24) is 4.98 Å². The normalized spacial score (nSPS) is 23.4. The third kappa shape index (κ3) is 2.93. The molecule has 0 spiro atoms. The lowest BCUT2D eigenvalue weighted by atomic mass is 10.2. The molecule has 0 radical (unpaired) electrons. The first-order valence-electron chi connectivity index (χ1n) is 6.04. The summed E-state index contributed by atoms with van der Waals surface area (Å²) in [6, 6.07) is 0. The van der Waals surface area contributed by atoms with Gasteiger partial charge < -0.3 is 14.7 Å². The van der Waals surface area contributed by atoms with Crippen LogP contribution in [0.15, 0.2) is 0 Å². The molecule has 19 heavy (non-hydrogen) atoms. The van der Waals surface area contributed by atoms with Crippen molar-refractivity contribution in [2.24, 2.45) is 0 Å². The molecule has 6 nitrogen and oxygen atoms in total. The Labute approximate surface area is 115 Å². The number of anilines is 1. The number of ketones is 1. The predicted molar refractivity (Wildman–Crippen MR) is 71.3 cm³/mol. The average molecular weight is 284 g/mol. The number of carboxylic acid groups (broad SMARTS) is 1. The first-order chi connectivity index (χ1) is 8.88. The number of ether oxygens (including phenoxy) is 1. The number of hydrogen-bond acceptors (Lipinski definition) is 6. The highest BCUT2D eigenvalue weighted by molar-refractivity contribution is 7.17. The van der Waals surface area contributed by atoms with Crippen LogP contribution in [0.3, 0.4) is 0 Å². The van der Waals surface area contributed by atoms with Gasteiger partial charge in [0.05, 0.1) is 12.2 Å². The molecule has 0 bridgehead atoms. The minimum Gasteiger partial charge on any atom is -0.476 e. The quantitative estimate of drug-likeness (QED) is 0.850. The minimum atomic E-state index is -1.16. The Morgan fingerprint density at radius 1 is 1.37 bits per heavy atom. The molecule has 2 unspecified atom stereocenters. The van der Waals surface area contributed by atoms with E-state index in [1.807, 2.05) is 18.7 Å². The predicted octanol–water partition coefficient (Wildman–Crippen LogP) is 1.66. The highest BCUT2D eigenvalue weighted by Crippen LogP contribution is 2.29. The molecule has 1 aromatic heterocycles. The number of hydrogen-bond donors (Lipinski definition) is 1. The molecule has 1 aliphatic heterocycles. The number of aromatic nitrogens is 1. The van der Waals surface area contributed by atoms with E-state index in [1.165, 1.54) is 6.92 Å². The number of thiazole rings is 1. The van der Waals surface area contributed by atoms with Gasteiger partial charge in [0.15, 0.2) is 16.6 Å². The Hall–Kier alpha value is -1.47. The Balaban J connectivity index is 2.32. The van der Waals surface area contributed by atoms with Gasteiger partial charge in [-0.05, 0) is 13.8 Å². The van der Waals surface area contributed by atoms with Crippen LogP contribution in [0.2, 0.25) is 0 Å². The van der Waals surface area contributed by atoms with Crippen molar-refractivity contribution in [3.63, 3.8) is 0 Å². The van der Waals surface area contributed by atoms with E-state index in [-0.39, 0.29) is 28.6 Å². The zero-order chi connectivity index (χ0) is 14.2. The molecule has 7 heteroatoms. The van der Waals surface area contributed by atoms with E-state index < -0.39 is 5.97 Å². The second kappa shape index (κ2) is 5.26. The molecule has 1 N–H and O–H groups in total. The molecule has 0 amide bonds. The first kappa shape index (κ1) is 14.0. The molecule has 1 aromatic rings. The summed E-state index contributed by atoms with van der Waals surface area (Å²) >= 11 is 1.14. The number of nitrogens with zero attached hydrogens (tertiary/aromatic N) is 2. The monoisotopic (exact) mass is 284 g/mol. The van der Waals surface area contributed by atoms with Gasteiger partial charge in [0, 0.05) is 20.0 Å². The van der Waals surface area contributed by atoms with Gasteiger partial charge in [-0.25, -0.2) is 9.78 Å². The first-order valence-corrected chi connectivity index (χ1v) is 6.85. The van der Waals surface area contributed by atoms with E-state index in [0.717, 1.165) is 11.3 Å². The van der Waals surface area contributed by atoms with Crippen molar-refractivity contribution < 1.29 is 19.4 Å². The molecule has 104 valence electrons. The molecular formula is C12H16N2O4S. The maximum Gasteiger partial charge on any atom is 0.356 e. The number of carbonyl (C=O) groups is 2. The summed E-state index contributed by atoms with van der Waals surface area (Å²) in [6.45, 7) is 6.57. The summed E-state index contributed by atoms with van der Waals surface area (Å²) in [5, 5.41) is 9.65. The fraction of sp³-hybridized carbons (Fsp3) is 0.583. The molecule has 1 fully saturated rings. The van der Waals surface area contributed by atoms with Gasteiger partial charge in [-0.1, -0.05) is 11.3 Å². The van der Waals surface area contributed by atoms with E-state index in [9.17, 15) is 9.59 Å². The molecule has 2 rings (SSSR count). The Bertz CT molecular complexity index is 472. The van der Waals surface area contributed by atoms with E-state index in [1.54, 1.807) is 0 Å². The second-order valence-corrected chi connectivity index (χ2v) is 5.68. The van der Waals surface area contributed by atoms with Gasteiger partial charge >= 0.3 is 5.97 Å². The topological polar surface area (TPSA) is 79.7 Å². The Morgan fingerprint density at radius 2 is 1.95 bits per heavy atom. The third-order valence-electron chi connectivity index (χ3n) is 2.83. The van der Waals surface area contributed by atoms with Crippen LogP contribution in [0.25, 0.3) is 0 Å². The van der Waals surface area contributed by atoms with Gasteiger partial charge in [-0.2, -0.15) is 0 Å². The fourth-order valence-electron chi connectivity index (χ4n) is 2.16. The van der Waals surface area contributed by atoms with Crippen molar-refractivity contribution in [2.45, 2.75) is 33.0 Å². The molecule has 1 saturated heterocycles.